The molecule has 2 aliphatic heterocycles. The molecule has 188 valence electrons. The number of fused-ring (bicyclic) bond motifs is 2. The van der Waals surface area contributed by atoms with Gasteiger partial charge in [0.05, 0.1) is 19.8 Å². The lowest BCUT2D eigenvalue weighted by Gasteiger charge is -2.39. The lowest BCUT2D eigenvalue weighted by Crippen LogP contribution is -2.46. The second kappa shape index (κ2) is 9.32. The number of nitrogens with zero attached hydrogens (tertiary/aromatic N) is 4. The molecular weight excluding hydrogens is 456 g/mol. The molecule has 1 aliphatic carbocycles. The number of hydrogen-bond acceptors (Lipinski definition) is 8. The van der Waals surface area contributed by atoms with Crippen molar-refractivity contribution < 1.29 is 18.8 Å². The predicted octanol–water partition coefficient (Wildman–Crippen LogP) is 5.13. The highest BCUT2D eigenvalue weighted by molar-refractivity contribution is 5.87. The maximum absolute atomic E-state index is 12.1. The summed E-state index contributed by atoms with van der Waals surface area (Å²) >= 11 is 0. The molecule has 3 atom stereocenters. The van der Waals surface area contributed by atoms with E-state index in [0.717, 1.165) is 66.8 Å². The van der Waals surface area contributed by atoms with E-state index in [-0.39, 0.29) is 6.10 Å². The normalized spacial score (nSPS) is 23.2. The molecule has 36 heavy (non-hydrogen) atoms. The molecule has 6 rings (SSSR count). The molecular formula is C28H32N4O4. The molecule has 8 nitrogen and oxygen atoms in total. The molecule has 3 aromatic rings. The minimum atomic E-state index is -0.433. The quantitative estimate of drug-likeness (QED) is 0.423. The van der Waals surface area contributed by atoms with Gasteiger partial charge in [-0.2, -0.15) is 0 Å². The van der Waals surface area contributed by atoms with Gasteiger partial charge in [-0.25, -0.2) is 14.8 Å². The van der Waals surface area contributed by atoms with Gasteiger partial charge in [-0.3, -0.25) is 0 Å². The fourth-order valence-electron chi connectivity index (χ4n) is 5.85. The third-order valence-electron chi connectivity index (χ3n) is 7.79. The Labute approximate surface area is 211 Å². The van der Waals surface area contributed by atoms with Crippen LogP contribution in [0, 0.1) is 13.8 Å². The highest BCUT2D eigenvalue weighted by atomic mass is 16.5. The van der Waals surface area contributed by atoms with Crippen LogP contribution in [-0.2, 0) is 16.1 Å². The average Bonchev–Trinajstić information content (AvgIpc) is 3.58. The number of carbonyl (C=O) groups is 1. The summed E-state index contributed by atoms with van der Waals surface area (Å²) in [6.45, 7) is 4.51. The number of ether oxygens (including phenoxy) is 2. The Morgan fingerprint density at radius 3 is 2.53 bits per heavy atom. The zero-order valence-electron chi connectivity index (χ0n) is 21.1. The topological polar surface area (TPSA) is 90.6 Å². The maximum atomic E-state index is 12.1. The SMILES string of the molecule is COC(=O)c1cc(C)nc(N2C3CC[C@H]2C[C@H](OCc2c(-c4ccccc4C)noc2C2CC2)C3)n1. The van der Waals surface area contributed by atoms with E-state index in [1.165, 1.54) is 12.7 Å². The number of hydrogen-bond donors (Lipinski definition) is 0. The van der Waals surface area contributed by atoms with Crippen LogP contribution in [0.3, 0.4) is 0 Å². The van der Waals surface area contributed by atoms with E-state index in [1.807, 2.05) is 19.1 Å². The lowest BCUT2D eigenvalue weighted by atomic mass is 9.99. The van der Waals surface area contributed by atoms with Gasteiger partial charge in [0.1, 0.15) is 11.5 Å². The zero-order chi connectivity index (χ0) is 24.8. The first-order valence-corrected chi connectivity index (χ1v) is 12.9. The van der Waals surface area contributed by atoms with Gasteiger partial charge >= 0.3 is 5.97 Å². The molecule has 4 heterocycles. The first kappa shape index (κ1) is 23.2. The van der Waals surface area contributed by atoms with Gasteiger partial charge in [0, 0.05) is 34.8 Å². The molecule has 2 bridgehead atoms. The van der Waals surface area contributed by atoms with E-state index in [1.54, 1.807) is 6.07 Å². The van der Waals surface area contributed by atoms with Crippen molar-refractivity contribution in [3.8, 4) is 11.3 Å². The van der Waals surface area contributed by atoms with Crippen molar-refractivity contribution >= 4 is 11.9 Å². The number of aromatic nitrogens is 3. The summed E-state index contributed by atoms with van der Waals surface area (Å²) in [4.78, 5) is 23.6. The summed E-state index contributed by atoms with van der Waals surface area (Å²) in [6.07, 6.45) is 6.42. The van der Waals surface area contributed by atoms with Gasteiger partial charge in [-0.1, -0.05) is 29.4 Å². The summed E-state index contributed by atoms with van der Waals surface area (Å²) in [6, 6.07) is 10.6. The first-order chi connectivity index (χ1) is 17.5. The number of aryl methyl sites for hydroxylation is 2. The van der Waals surface area contributed by atoms with Crippen LogP contribution in [0.4, 0.5) is 5.95 Å². The summed E-state index contributed by atoms with van der Waals surface area (Å²) in [7, 11) is 1.38. The van der Waals surface area contributed by atoms with E-state index in [4.69, 9.17) is 14.0 Å². The van der Waals surface area contributed by atoms with Gasteiger partial charge in [0.2, 0.25) is 5.95 Å². The van der Waals surface area contributed by atoms with Crippen LogP contribution in [-0.4, -0.2) is 46.4 Å². The van der Waals surface area contributed by atoms with Gasteiger partial charge in [0.25, 0.3) is 0 Å². The van der Waals surface area contributed by atoms with Crippen molar-refractivity contribution in [1.82, 2.24) is 15.1 Å². The van der Waals surface area contributed by atoms with Crippen LogP contribution in [0.2, 0.25) is 0 Å². The van der Waals surface area contributed by atoms with Crippen LogP contribution < -0.4 is 4.90 Å². The standard InChI is InChI=1S/C28H32N4O4/c1-16-6-4-5-7-22(16)25-23(26(36-31-25)18-8-9-18)15-35-21-13-19-10-11-20(14-21)32(19)28-29-17(2)12-24(30-28)27(33)34-3/h4-7,12,18-21H,8-11,13-15H2,1-3H3/t19-,20?,21-/m0/s1. The van der Waals surface area contributed by atoms with Crippen molar-refractivity contribution in [2.75, 3.05) is 12.0 Å². The average molecular weight is 489 g/mol. The number of carbonyl (C=O) groups excluding carboxylic acids is 1. The molecule has 0 radical (unpaired) electrons. The van der Waals surface area contributed by atoms with Gasteiger partial charge < -0.3 is 18.9 Å². The summed E-state index contributed by atoms with van der Waals surface area (Å²) in [5.41, 5.74) is 5.39. The van der Waals surface area contributed by atoms with Crippen LogP contribution in [0.25, 0.3) is 11.3 Å². The monoisotopic (exact) mass is 488 g/mol. The molecule has 1 unspecified atom stereocenters. The molecule has 1 aromatic carbocycles. The molecule has 1 saturated carbocycles. The van der Waals surface area contributed by atoms with Crippen molar-refractivity contribution in [3.63, 3.8) is 0 Å². The molecule has 0 amide bonds. The fourth-order valence-corrected chi connectivity index (χ4v) is 5.85. The Morgan fingerprint density at radius 1 is 1.08 bits per heavy atom. The minimum absolute atomic E-state index is 0.148. The molecule has 8 heteroatoms. The highest BCUT2D eigenvalue weighted by Gasteiger charge is 2.43. The Hall–Kier alpha value is -3.26. The summed E-state index contributed by atoms with van der Waals surface area (Å²) < 4.78 is 17.3. The number of methoxy groups -OCH3 is 1. The van der Waals surface area contributed by atoms with Crippen LogP contribution in [0.1, 0.15) is 77.5 Å². The van der Waals surface area contributed by atoms with Crippen LogP contribution in [0.15, 0.2) is 34.9 Å². The maximum Gasteiger partial charge on any atom is 0.356 e. The van der Waals surface area contributed by atoms with E-state index in [9.17, 15) is 4.79 Å². The van der Waals surface area contributed by atoms with Crippen molar-refractivity contribution in [2.24, 2.45) is 0 Å². The number of piperidine rings is 1. The Bertz CT molecular complexity index is 1270. The number of rotatable bonds is 7. The first-order valence-electron chi connectivity index (χ1n) is 12.9. The van der Waals surface area contributed by atoms with Gasteiger partial charge in [0.15, 0.2) is 5.69 Å². The zero-order valence-corrected chi connectivity index (χ0v) is 21.1. The Kier molecular flexibility index (Phi) is 5.99. The van der Waals surface area contributed by atoms with Crippen LogP contribution >= 0.6 is 0 Å². The van der Waals surface area contributed by atoms with Crippen molar-refractivity contribution in [3.05, 3.63) is 58.6 Å². The van der Waals surface area contributed by atoms with Gasteiger partial charge in [-0.15, -0.1) is 0 Å². The second-order valence-corrected chi connectivity index (χ2v) is 10.3. The van der Waals surface area contributed by atoms with E-state index < -0.39 is 5.97 Å². The van der Waals surface area contributed by atoms with E-state index >= 15 is 0 Å². The molecule has 2 aromatic heterocycles. The summed E-state index contributed by atoms with van der Waals surface area (Å²) in [5, 5.41) is 4.49. The highest BCUT2D eigenvalue weighted by Crippen LogP contribution is 2.45. The fraction of sp³-hybridized carbons (Fsp3) is 0.500. The smallest absolute Gasteiger partial charge is 0.356 e. The second-order valence-electron chi connectivity index (χ2n) is 10.3. The largest absolute Gasteiger partial charge is 0.464 e. The predicted molar refractivity (Wildman–Crippen MR) is 134 cm³/mol. The minimum Gasteiger partial charge on any atom is -0.464 e. The number of esters is 1. The molecule has 0 N–H and O–H groups in total. The Morgan fingerprint density at radius 2 is 1.83 bits per heavy atom. The molecule has 0 spiro atoms. The molecule has 3 aliphatic rings. The molecule has 2 saturated heterocycles. The molecule has 3 fully saturated rings. The van der Waals surface area contributed by atoms with E-state index in [0.29, 0.717) is 36.3 Å². The third kappa shape index (κ3) is 4.28. The van der Waals surface area contributed by atoms with Gasteiger partial charge in [-0.05, 0) is 64.0 Å². The van der Waals surface area contributed by atoms with Crippen molar-refractivity contribution in [2.45, 2.75) is 83.1 Å². The number of benzene rings is 1. The Balaban J connectivity index is 1.19. The van der Waals surface area contributed by atoms with Crippen LogP contribution in [0.5, 0.6) is 0 Å². The lowest BCUT2D eigenvalue weighted by molar-refractivity contribution is 0.0144. The van der Waals surface area contributed by atoms with Crippen molar-refractivity contribution in [1.29, 1.82) is 0 Å². The number of anilines is 1. The van der Waals surface area contributed by atoms with E-state index in [2.05, 4.69) is 39.1 Å². The summed E-state index contributed by atoms with van der Waals surface area (Å²) in [5.74, 6) is 1.65. The third-order valence-corrected chi connectivity index (χ3v) is 7.79.